The van der Waals surface area contributed by atoms with Crippen LogP contribution in [0.2, 0.25) is 0 Å². The normalized spacial score (nSPS) is 20.4. The van der Waals surface area contributed by atoms with E-state index in [9.17, 15) is 0 Å². The molecule has 0 radical (unpaired) electrons. The summed E-state index contributed by atoms with van der Waals surface area (Å²) in [6, 6.07) is 10.8. The van der Waals surface area contributed by atoms with E-state index in [0.717, 1.165) is 6.54 Å². The van der Waals surface area contributed by atoms with Gasteiger partial charge in [0.25, 0.3) is 0 Å². The van der Waals surface area contributed by atoms with E-state index in [0.29, 0.717) is 0 Å². The Balaban J connectivity index is 0.000000186. The van der Waals surface area contributed by atoms with Crippen LogP contribution in [0.5, 0.6) is 0 Å². The molecule has 0 spiro atoms. The van der Waals surface area contributed by atoms with Gasteiger partial charge in [-0.2, -0.15) is 0 Å². The fraction of sp³-hybridized carbons (Fsp3) is 0.647. The van der Waals surface area contributed by atoms with Crippen LogP contribution in [0, 0.1) is 0 Å². The third-order valence-corrected chi connectivity index (χ3v) is 3.90. The Morgan fingerprint density at radius 3 is 1.95 bits per heavy atom. The number of likely N-dealkylation sites (tertiary alicyclic amines) is 1. The Morgan fingerprint density at radius 1 is 0.789 bits per heavy atom. The molecule has 3 rings (SSSR count). The van der Waals surface area contributed by atoms with Crippen LogP contribution >= 0.6 is 0 Å². The number of rotatable bonds is 2. The van der Waals surface area contributed by atoms with Crippen LogP contribution in [0.4, 0.5) is 0 Å². The summed E-state index contributed by atoms with van der Waals surface area (Å²) in [5.74, 6) is 0. The maximum atomic E-state index is 3.28. The third-order valence-electron chi connectivity index (χ3n) is 3.90. The lowest BCUT2D eigenvalue weighted by Gasteiger charge is -2.26. The highest BCUT2D eigenvalue weighted by Crippen LogP contribution is 2.12. The van der Waals surface area contributed by atoms with Gasteiger partial charge in [-0.1, -0.05) is 43.2 Å². The summed E-state index contributed by atoms with van der Waals surface area (Å²) < 4.78 is 0. The first-order valence-electron chi connectivity index (χ1n) is 7.92. The Hall–Kier alpha value is -0.860. The Morgan fingerprint density at radius 2 is 1.42 bits per heavy atom. The van der Waals surface area contributed by atoms with Crippen LogP contribution in [0.25, 0.3) is 0 Å². The molecule has 0 bridgehead atoms. The number of hydrogen-bond acceptors (Lipinski definition) is 2. The summed E-state index contributed by atoms with van der Waals surface area (Å²) >= 11 is 0. The first-order valence-corrected chi connectivity index (χ1v) is 7.92. The van der Waals surface area contributed by atoms with Gasteiger partial charge in [-0.05, 0) is 57.4 Å². The van der Waals surface area contributed by atoms with Crippen LogP contribution in [0.1, 0.15) is 44.1 Å². The summed E-state index contributed by atoms with van der Waals surface area (Å²) in [5, 5.41) is 3.28. The fourth-order valence-corrected chi connectivity index (χ4v) is 2.76. The largest absolute Gasteiger partial charge is 0.317 e. The standard InChI is InChI=1S/C12H17N.C5H11N/c1-3-7-12(8-4-1)11-13-9-5-2-6-10-13;1-2-4-6-5-3-1/h1,3-4,7-8H,2,5-6,9-11H2;6H,1-5H2. The predicted molar refractivity (Wildman–Crippen MR) is 82.3 cm³/mol. The molecular formula is C17H28N2. The zero-order valence-electron chi connectivity index (χ0n) is 12.1. The van der Waals surface area contributed by atoms with Gasteiger partial charge in [-0.15, -0.1) is 0 Å². The molecular weight excluding hydrogens is 232 g/mol. The van der Waals surface area contributed by atoms with Crippen molar-refractivity contribution >= 4 is 0 Å². The summed E-state index contributed by atoms with van der Waals surface area (Å²) in [6.45, 7) is 6.21. The van der Waals surface area contributed by atoms with Crippen LogP contribution in [0.15, 0.2) is 30.3 Å². The van der Waals surface area contributed by atoms with Gasteiger partial charge in [-0.25, -0.2) is 0 Å². The minimum Gasteiger partial charge on any atom is -0.317 e. The molecule has 0 amide bonds. The van der Waals surface area contributed by atoms with Crippen LogP contribution < -0.4 is 5.32 Å². The highest BCUT2D eigenvalue weighted by atomic mass is 15.1. The number of benzene rings is 1. The summed E-state index contributed by atoms with van der Waals surface area (Å²) in [4.78, 5) is 2.55. The quantitative estimate of drug-likeness (QED) is 0.876. The van der Waals surface area contributed by atoms with Crippen molar-refractivity contribution in [3.05, 3.63) is 35.9 Å². The topological polar surface area (TPSA) is 15.3 Å². The van der Waals surface area contributed by atoms with E-state index < -0.39 is 0 Å². The molecule has 2 aliphatic heterocycles. The van der Waals surface area contributed by atoms with Crippen molar-refractivity contribution in [2.75, 3.05) is 26.2 Å². The van der Waals surface area contributed by atoms with Crippen molar-refractivity contribution in [2.45, 2.75) is 45.1 Å². The zero-order chi connectivity index (χ0) is 13.2. The van der Waals surface area contributed by atoms with Gasteiger partial charge in [0.2, 0.25) is 0 Å². The molecule has 2 heterocycles. The van der Waals surface area contributed by atoms with Crippen LogP contribution in [-0.4, -0.2) is 31.1 Å². The Labute approximate surface area is 118 Å². The summed E-state index contributed by atoms with van der Waals surface area (Å²) in [6.07, 6.45) is 8.40. The first kappa shape index (κ1) is 14.5. The molecule has 0 unspecified atom stereocenters. The molecule has 2 saturated heterocycles. The van der Waals surface area contributed by atoms with Crippen molar-refractivity contribution in [1.82, 2.24) is 10.2 Å². The maximum absolute atomic E-state index is 3.28. The molecule has 19 heavy (non-hydrogen) atoms. The lowest BCUT2D eigenvalue weighted by Crippen LogP contribution is -2.28. The smallest absolute Gasteiger partial charge is 0.0233 e. The van der Waals surface area contributed by atoms with Crippen molar-refractivity contribution in [3.8, 4) is 0 Å². The monoisotopic (exact) mass is 260 g/mol. The fourth-order valence-electron chi connectivity index (χ4n) is 2.76. The number of hydrogen-bond donors (Lipinski definition) is 1. The second kappa shape index (κ2) is 9.11. The van der Waals surface area contributed by atoms with Crippen molar-refractivity contribution in [3.63, 3.8) is 0 Å². The van der Waals surface area contributed by atoms with Gasteiger partial charge in [-0.3, -0.25) is 4.90 Å². The van der Waals surface area contributed by atoms with E-state index in [1.54, 1.807) is 0 Å². The molecule has 0 atom stereocenters. The minimum absolute atomic E-state index is 1.14. The lowest BCUT2D eigenvalue weighted by atomic mass is 10.1. The number of nitrogens with zero attached hydrogens (tertiary/aromatic N) is 1. The molecule has 106 valence electrons. The van der Waals surface area contributed by atoms with E-state index in [4.69, 9.17) is 0 Å². The second-order valence-electron chi connectivity index (χ2n) is 5.63. The molecule has 1 N–H and O–H groups in total. The molecule has 0 saturated carbocycles. The Bertz CT molecular complexity index is 302. The highest BCUT2D eigenvalue weighted by Gasteiger charge is 2.09. The zero-order valence-corrected chi connectivity index (χ0v) is 12.1. The summed E-state index contributed by atoms with van der Waals surface area (Å²) in [7, 11) is 0. The molecule has 0 aliphatic carbocycles. The van der Waals surface area contributed by atoms with E-state index in [2.05, 4.69) is 40.5 Å². The molecule has 2 heteroatoms. The maximum Gasteiger partial charge on any atom is 0.0233 e. The number of piperidine rings is 2. The van der Waals surface area contributed by atoms with Crippen LogP contribution in [0.3, 0.4) is 0 Å². The van der Waals surface area contributed by atoms with Crippen LogP contribution in [-0.2, 0) is 6.54 Å². The molecule has 1 aromatic rings. The van der Waals surface area contributed by atoms with Crippen molar-refractivity contribution in [1.29, 1.82) is 0 Å². The Kier molecular flexibility index (Phi) is 6.97. The van der Waals surface area contributed by atoms with Crippen molar-refractivity contribution in [2.24, 2.45) is 0 Å². The minimum atomic E-state index is 1.14. The van der Waals surface area contributed by atoms with E-state index in [1.165, 1.54) is 70.3 Å². The van der Waals surface area contributed by atoms with Gasteiger partial charge in [0, 0.05) is 6.54 Å². The molecule has 2 nitrogen and oxygen atoms in total. The van der Waals surface area contributed by atoms with E-state index in [-0.39, 0.29) is 0 Å². The molecule has 2 aliphatic rings. The van der Waals surface area contributed by atoms with E-state index in [1.807, 2.05) is 0 Å². The first-order chi connectivity index (χ1) is 9.45. The molecule has 2 fully saturated rings. The van der Waals surface area contributed by atoms with Gasteiger partial charge in [0.1, 0.15) is 0 Å². The SMILES string of the molecule is C1CCNCC1.c1ccc(CN2CCCCC2)cc1. The second-order valence-corrected chi connectivity index (χ2v) is 5.63. The summed E-state index contributed by atoms with van der Waals surface area (Å²) in [5.41, 5.74) is 1.45. The molecule has 1 aromatic carbocycles. The third kappa shape index (κ3) is 6.22. The predicted octanol–water partition coefficient (Wildman–Crippen LogP) is 3.43. The van der Waals surface area contributed by atoms with Gasteiger partial charge in [0.15, 0.2) is 0 Å². The molecule has 0 aromatic heterocycles. The van der Waals surface area contributed by atoms with E-state index >= 15 is 0 Å². The lowest BCUT2D eigenvalue weighted by molar-refractivity contribution is 0.221. The van der Waals surface area contributed by atoms with Gasteiger partial charge >= 0.3 is 0 Å². The van der Waals surface area contributed by atoms with Gasteiger partial charge in [0.05, 0.1) is 0 Å². The highest BCUT2D eigenvalue weighted by molar-refractivity contribution is 5.14. The number of nitrogens with one attached hydrogen (secondary N) is 1. The average molecular weight is 260 g/mol. The van der Waals surface area contributed by atoms with Gasteiger partial charge < -0.3 is 5.32 Å². The van der Waals surface area contributed by atoms with Crippen molar-refractivity contribution < 1.29 is 0 Å². The average Bonchev–Trinajstić information content (AvgIpc) is 2.52.